The first-order chi connectivity index (χ1) is 8.47. The van der Waals surface area contributed by atoms with Gasteiger partial charge < -0.3 is 14.9 Å². The molecule has 0 aromatic carbocycles. The van der Waals surface area contributed by atoms with Crippen molar-refractivity contribution in [3.8, 4) is 0 Å². The summed E-state index contributed by atoms with van der Waals surface area (Å²) in [5, 5.41) is 9.89. The van der Waals surface area contributed by atoms with E-state index in [2.05, 4.69) is 57.8 Å². The van der Waals surface area contributed by atoms with Crippen LogP contribution in [0.2, 0.25) is 0 Å². The van der Waals surface area contributed by atoms with Crippen LogP contribution in [0.1, 0.15) is 12.0 Å². The fourth-order valence-corrected chi connectivity index (χ4v) is 3.03. The number of aromatic nitrogens is 1. The molecule has 0 spiro atoms. The highest BCUT2D eigenvalue weighted by Gasteiger charge is 2.32. The summed E-state index contributed by atoms with van der Waals surface area (Å²) in [5.74, 6) is 0.988. The van der Waals surface area contributed by atoms with Crippen molar-refractivity contribution in [3.63, 3.8) is 0 Å². The van der Waals surface area contributed by atoms with E-state index in [1.54, 1.807) is 0 Å². The summed E-state index contributed by atoms with van der Waals surface area (Å²) < 4.78 is 0.993. The summed E-state index contributed by atoms with van der Waals surface area (Å²) in [7, 11) is 4.12. The van der Waals surface area contributed by atoms with Crippen molar-refractivity contribution in [2.24, 2.45) is 0 Å². The number of rotatable bonds is 3. The SMILES string of the molecule is Cc1cc(Br)cnc1N1CC(O)CC1CN(C)C. The van der Waals surface area contributed by atoms with Gasteiger partial charge in [-0.1, -0.05) is 0 Å². The highest BCUT2D eigenvalue weighted by molar-refractivity contribution is 9.10. The Labute approximate surface area is 117 Å². The Hall–Kier alpha value is -0.650. The maximum atomic E-state index is 9.89. The molecule has 2 unspecified atom stereocenters. The van der Waals surface area contributed by atoms with Gasteiger partial charge in [-0.05, 0) is 55.0 Å². The lowest BCUT2D eigenvalue weighted by Gasteiger charge is -2.28. The normalized spacial score (nSPS) is 24.0. The summed E-state index contributed by atoms with van der Waals surface area (Å²) >= 11 is 3.43. The molecule has 1 aromatic rings. The molecule has 1 saturated heterocycles. The van der Waals surface area contributed by atoms with Crippen LogP contribution in [0.5, 0.6) is 0 Å². The second-order valence-electron chi connectivity index (χ2n) is 5.25. The fraction of sp³-hybridized carbons (Fsp3) is 0.615. The second kappa shape index (κ2) is 5.55. The van der Waals surface area contributed by atoms with Gasteiger partial charge >= 0.3 is 0 Å². The molecule has 18 heavy (non-hydrogen) atoms. The maximum Gasteiger partial charge on any atom is 0.131 e. The van der Waals surface area contributed by atoms with Gasteiger partial charge in [-0.25, -0.2) is 4.98 Å². The van der Waals surface area contributed by atoms with Gasteiger partial charge in [0.25, 0.3) is 0 Å². The summed E-state index contributed by atoms with van der Waals surface area (Å²) in [4.78, 5) is 8.89. The van der Waals surface area contributed by atoms with Crippen LogP contribution < -0.4 is 4.90 Å². The topological polar surface area (TPSA) is 39.6 Å². The molecule has 2 rings (SSSR count). The summed E-state index contributed by atoms with van der Waals surface area (Å²) in [6.07, 6.45) is 2.38. The Kier molecular flexibility index (Phi) is 4.25. The van der Waals surface area contributed by atoms with Gasteiger partial charge in [-0.2, -0.15) is 0 Å². The Morgan fingerprint density at radius 3 is 2.89 bits per heavy atom. The average molecular weight is 314 g/mol. The van der Waals surface area contributed by atoms with E-state index in [4.69, 9.17) is 0 Å². The smallest absolute Gasteiger partial charge is 0.131 e. The Morgan fingerprint density at radius 2 is 2.28 bits per heavy atom. The average Bonchev–Trinajstić information content (AvgIpc) is 2.58. The molecule has 0 aliphatic carbocycles. The van der Waals surface area contributed by atoms with Crippen molar-refractivity contribution in [1.29, 1.82) is 0 Å². The minimum absolute atomic E-state index is 0.250. The third-order valence-electron chi connectivity index (χ3n) is 3.26. The molecule has 1 fully saturated rings. The Morgan fingerprint density at radius 1 is 1.56 bits per heavy atom. The van der Waals surface area contributed by atoms with Gasteiger partial charge in [-0.3, -0.25) is 0 Å². The van der Waals surface area contributed by atoms with Crippen molar-refractivity contribution in [1.82, 2.24) is 9.88 Å². The van der Waals surface area contributed by atoms with E-state index >= 15 is 0 Å². The van der Waals surface area contributed by atoms with Crippen LogP contribution in [-0.2, 0) is 0 Å². The summed E-state index contributed by atoms with van der Waals surface area (Å²) in [5.41, 5.74) is 1.14. The van der Waals surface area contributed by atoms with E-state index < -0.39 is 0 Å². The number of nitrogens with zero attached hydrogens (tertiary/aromatic N) is 3. The molecule has 0 radical (unpaired) electrons. The quantitative estimate of drug-likeness (QED) is 0.921. The predicted molar refractivity (Wildman–Crippen MR) is 77.0 cm³/mol. The third-order valence-corrected chi connectivity index (χ3v) is 3.69. The number of halogens is 1. The Balaban J connectivity index is 2.24. The van der Waals surface area contributed by atoms with Crippen LogP contribution in [0.15, 0.2) is 16.7 Å². The van der Waals surface area contributed by atoms with E-state index in [0.29, 0.717) is 12.6 Å². The van der Waals surface area contributed by atoms with Crippen molar-refractivity contribution in [2.75, 3.05) is 32.1 Å². The van der Waals surface area contributed by atoms with Crippen LogP contribution in [-0.4, -0.2) is 54.3 Å². The molecular formula is C13H20BrN3O. The van der Waals surface area contributed by atoms with Crippen LogP contribution in [0, 0.1) is 6.92 Å². The first kappa shape index (κ1) is 13.8. The zero-order valence-corrected chi connectivity index (χ0v) is 12.7. The number of anilines is 1. The molecule has 2 atom stereocenters. The zero-order valence-electron chi connectivity index (χ0n) is 11.1. The number of β-amino-alcohol motifs (C(OH)–C–C–N with tert-alkyl or cyclic N) is 1. The van der Waals surface area contributed by atoms with Crippen LogP contribution >= 0.6 is 15.9 Å². The number of hydrogen-bond acceptors (Lipinski definition) is 4. The van der Waals surface area contributed by atoms with Gasteiger partial charge in [0.05, 0.1) is 6.10 Å². The largest absolute Gasteiger partial charge is 0.391 e. The number of hydrogen-bond donors (Lipinski definition) is 1. The van der Waals surface area contributed by atoms with E-state index in [9.17, 15) is 5.11 Å². The first-order valence-electron chi connectivity index (χ1n) is 6.19. The van der Waals surface area contributed by atoms with Crippen molar-refractivity contribution >= 4 is 21.7 Å². The van der Waals surface area contributed by atoms with Crippen LogP contribution in [0.25, 0.3) is 0 Å². The number of likely N-dealkylation sites (N-methyl/N-ethyl adjacent to an activating group) is 1. The molecule has 1 aliphatic heterocycles. The van der Waals surface area contributed by atoms with Gasteiger partial charge in [0.15, 0.2) is 0 Å². The fourth-order valence-electron chi connectivity index (χ4n) is 2.58. The molecule has 1 aliphatic rings. The molecule has 2 heterocycles. The van der Waals surface area contributed by atoms with E-state index in [1.807, 2.05) is 6.20 Å². The monoisotopic (exact) mass is 313 g/mol. The van der Waals surface area contributed by atoms with Gasteiger partial charge in [-0.15, -0.1) is 0 Å². The number of aliphatic hydroxyl groups is 1. The number of aryl methyl sites for hydroxylation is 1. The first-order valence-corrected chi connectivity index (χ1v) is 6.98. The van der Waals surface area contributed by atoms with E-state index in [0.717, 1.165) is 28.8 Å². The number of aliphatic hydroxyl groups excluding tert-OH is 1. The van der Waals surface area contributed by atoms with Gasteiger partial charge in [0, 0.05) is 29.8 Å². The summed E-state index contributed by atoms with van der Waals surface area (Å²) in [6.45, 7) is 3.67. The van der Waals surface area contributed by atoms with Gasteiger partial charge in [0.2, 0.25) is 0 Å². The van der Waals surface area contributed by atoms with Crippen molar-refractivity contribution in [2.45, 2.75) is 25.5 Å². The maximum absolute atomic E-state index is 9.89. The lowest BCUT2D eigenvalue weighted by atomic mass is 10.2. The van der Waals surface area contributed by atoms with E-state index in [1.165, 1.54) is 0 Å². The van der Waals surface area contributed by atoms with Crippen molar-refractivity contribution in [3.05, 3.63) is 22.3 Å². The third kappa shape index (κ3) is 3.02. The molecule has 5 heteroatoms. The molecular weight excluding hydrogens is 294 g/mol. The minimum atomic E-state index is -0.250. The Bertz CT molecular complexity index is 425. The molecule has 100 valence electrons. The highest BCUT2D eigenvalue weighted by atomic mass is 79.9. The lowest BCUT2D eigenvalue weighted by Crippen LogP contribution is -2.38. The van der Waals surface area contributed by atoms with Crippen LogP contribution in [0.4, 0.5) is 5.82 Å². The molecule has 4 nitrogen and oxygen atoms in total. The van der Waals surface area contributed by atoms with Crippen LogP contribution in [0.3, 0.4) is 0 Å². The number of pyridine rings is 1. The lowest BCUT2D eigenvalue weighted by molar-refractivity contribution is 0.191. The second-order valence-corrected chi connectivity index (χ2v) is 6.17. The zero-order chi connectivity index (χ0) is 13.3. The minimum Gasteiger partial charge on any atom is -0.391 e. The predicted octanol–water partition coefficient (Wildman–Crippen LogP) is 1.65. The van der Waals surface area contributed by atoms with Crippen molar-refractivity contribution < 1.29 is 5.11 Å². The molecule has 0 bridgehead atoms. The summed E-state index contributed by atoms with van der Waals surface area (Å²) in [6, 6.07) is 2.40. The molecule has 0 amide bonds. The highest BCUT2D eigenvalue weighted by Crippen LogP contribution is 2.28. The molecule has 1 aromatic heterocycles. The standard InChI is InChI=1S/C13H20BrN3O/c1-9-4-10(14)6-15-13(9)17-8-12(18)5-11(17)7-16(2)3/h4,6,11-12,18H,5,7-8H2,1-3H3. The molecule has 1 N–H and O–H groups in total. The molecule has 0 saturated carbocycles. The van der Waals surface area contributed by atoms with Gasteiger partial charge in [0.1, 0.15) is 5.82 Å². The van der Waals surface area contributed by atoms with E-state index in [-0.39, 0.29) is 6.10 Å².